The Labute approximate surface area is 98.3 Å². The van der Waals surface area contributed by atoms with Crippen LogP contribution >= 0.6 is 0 Å². The van der Waals surface area contributed by atoms with E-state index in [4.69, 9.17) is 5.11 Å². The lowest BCUT2D eigenvalue weighted by atomic mass is 10.2. The van der Waals surface area contributed by atoms with E-state index in [1.165, 1.54) is 19.3 Å². The summed E-state index contributed by atoms with van der Waals surface area (Å²) >= 11 is 0. The molecular weight excluding hydrogens is 222 g/mol. The molecule has 1 N–H and O–H groups in total. The molecule has 1 unspecified atom stereocenters. The standard InChI is InChI=1S/C11H13N3O3/c1-7(15)14-4-2-3-9(14)10-12-5-8(6-13-10)11(16)17/h5-6,9H,2-4H2,1H3,(H,16,17). The van der Waals surface area contributed by atoms with Crippen LogP contribution < -0.4 is 0 Å². The van der Waals surface area contributed by atoms with Crippen LogP contribution in [-0.4, -0.2) is 38.4 Å². The van der Waals surface area contributed by atoms with Crippen molar-refractivity contribution in [2.24, 2.45) is 0 Å². The summed E-state index contributed by atoms with van der Waals surface area (Å²) in [7, 11) is 0. The fraction of sp³-hybridized carbons (Fsp3) is 0.455. The summed E-state index contributed by atoms with van der Waals surface area (Å²) in [5.74, 6) is -0.535. The smallest absolute Gasteiger partial charge is 0.338 e. The van der Waals surface area contributed by atoms with Crippen molar-refractivity contribution in [3.63, 3.8) is 0 Å². The summed E-state index contributed by atoms with van der Waals surface area (Å²) in [6, 6.07) is -0.115. The zero-order valence-corrected chi connectivity index (χ0v) is 9.46. The van der Waals surface area contributed by atoms with Crippen LogP contribution in [0.4, 0.5) is 0 Å². The van der Waals surface area contributed by atoms with Gasteiger partial charge in [0.05, 0.1) is 11.6 Å². The van der Waals surface area contributed by atoms with Crippen molar-refractivity contribution in [2.45, 2.75) is 25.8 Å². The molecule has 1 aromatic heterocycles. The molecule has 1 aliphatic heterocycles. The van der Waals surface area contributed by atoms with Crippen LogP contribution in [-0.2, 0) is 4.79 Å². The monoisotopic (exact) mass is 235 g/mol. The molecule has 0 saturated carbocycles. The van der Waals surface area contributed by atoms with E-state index in [0.29, 0.717) is 12.4 Å². The molecular formula is C11H13N3O3. The molecule has 1 saturated heterocycles. The molecule has 0 aromatic carbocycles. The number of likely N-dealkylation sites (tertiary alicyclic amines) is 1. The highest BCUT2D eigenvalue weighted by atomic mass is 16.4. The summed E-state index contributed by atoms with van der Waals surface area (Å²) in [5, 5.41) is 8.74. The van der Waals surface area contributed by atoms with Crippen LogP contribution in [0.2, 0.25) is 0 Å². The Kier molecular flexibility index (Phi) is 3.03. The Balaban J connectivity index is 2.22. The van der Waals surface area contributed by atoms with Gasteiger partial charge in [-0.25, -0.2) is 14.8 Å². The molecule has 1 fully saturated rings. The van der Waals surface area contributed by atoms with Crippen molar-refractivity contribution in [1.82, 2.24) is 14.9 Å². The van der Waals surface area contributed by atoms with Gasteiger partial charge in [0.25, 0.3) is 0 Å². The number of carboxylic acids is 1. The molecule has 0 spiro atoms. The first-order chi connectivity index (χ1) is 8.09. The van der Waals surface area contributed by atoms with Gasteiger partial charge in [0.2, 0.25) is 5.91 Å². The third-order valence-corrected chi connectivity index (χ3v) is 2.87. The number of carboxylic acid groups (broad SMARTS) is 1. The van der Waals surface area contributed by atoms with Crippen molar-refractivity contribution in [3.8, 4) is 0 Å². The number of aromatic nitrogens is 2. The first kappa shape index (κ1) is 11.5. The van der Waals surface area contributed by atoms with Crippen LogP contribution in [0.25, 0.3) is 0 Å². The number of carbonyl (C=O) groups excluding carboxylic acids is 1. The average Bonchev–Trinajstić information content (AvgIpc) is 2.78. The molecule has 0 radical (unpaired) electrons. The van der Waals surface area contributed by atoms with E-state index < -0.39 is 5.97 Å². The Morgan fingerprint density at radius 3 is 2.59 bits per heavy atom. The zero-order chi connectivity index (χ0) is 12.4. The number of nitrogens with zero attached hydrogens (tertiary/aromatic N) is 3. The number of aromatic carboxylic acids is 1. The van der Waals surface area contributed by atoms with E-state index in [1.54, 1.807) is 4.90 Å². The van der Waals surface area contributed by atoms with Gasteiger partial charge in [-0.15, -0.1) is 0 Å². The first-order valence-corrected chi connectivity index (χ1v) is 5.42. The number of rotatable bonds is 2. The van der Waals surface area contributed by atoms with Gasteiger partial charge in [-0.2, -0.15) is 0 Å². The highest BCUT2D eigenvalue weighted by Crippen LogP contribution is 2.29. The van der Waals surface area contributed by atoms with Gasteiger partial charge in [0.1, 0.15) is 0 Å². The van der Waals surface area contributed by atoms with Crippen molar-refractivity contribution in [2.75, 3.05) is 6.54 Å². The van der Waals surface area contributed by atoms with Gasteiger partial charge in [-0.05, 0) is 12.8 Å². The lowest BCUT2D eigenvalue weighted by Gasteiger charge is -2.21. The summed E-state index contributed by atoms with van der Waals surface area (Å²) in [4.78, 5) is 31.8. The van der Waals surface area contributed by atoms with E-state index in [0.717, 1.165) is 12.8 Å². The minimum atomic E-state index is -1.05. The predicted octanol–water partition coefficient (Wildman–Crippen LogP) is 0.858. The van der Waals surface area contributed by atoms with E-state index in [-0.39, 0.29) is 17.5 Å². The van der Waals surface area contributed by atoms with E-state index in [9.17, 15) is 9.59 Å². The van der Waals surface area contributed by atoms with Crippen molar-refractivity contribution < 1.29 is 14.7 Å². The average molecular weight is 235 g/mol. The second kappa shape index (κ2) is 4.48. The molecule has 2 rings (SSSR count). The third-order valence-electron chi connectivity index (χ3n) is 2.87. The lowest BCUT2D eigenvalue weighted by molar-refractivity contribution is -0.129. The van der Waals surface area contributed by atoms with Crippen molar-refractivity contribution in [1.29, 1.82) is 0 Å². The second-order valence-electron chi connectivity index (χ2n) is 4.01. The molecule has 0 aliphatic carbocycles. The minimum Gasteiger partial charge on any atom is -0.478 e. The molecule has 0 bridgehead atoms. The maximum Gasteiger partial charge on any atom is 0.338 e. The van der Waals surface area contributed by atoms with Gasteiger partial charge < -0.3 is 10.0 Å². The SMILES string of the molecule is CC(=O)N1CCCC1c1ncc(C(=O)O)cn1. The molecule has 2 heterocycles. The highest BCUT2D eigenvalue weighted by molar-refractivity contribution is 5.86. The number of hydrogen-bond acceptors (Lipinski definition) is 4. The Morgan fingerprint density at radius 1 is 1.41 bits per heavy atom. The topological polar surface area (TPSA) is 83.4 Å². The van der Waals surface area contributed by atoms with Crippen LogP contribution in [0.15, 0.2) is 12.4 Å². The molecule has 6 nitrogen and oxygen atoms in total. The molecule has 1 amide bonds. The fourth-order valence-corrected chi connectivity index (χ4v) is 2.03. The molecule has 1 aromatic rings. The van der Waals surface area contributed by atoms with Crippen molar-refractivity contribution >= 4 is 11.9 Å². The Hall–Kier alpha value is -1.98. The van der Waals surface area contributed by atoms with E-state index in [1.807, 2.05) is 0 Å². The number of hydrogen-bond donors (Lipinski definition) is 1. The van der Waals surface area contributed by atoms with Crippen LogP contribution in [0.1, 0.15) is 42.0 Å². The summed E-state index contributed by atoms with van der Waals surface area (Å²) in [5.41, 5.74) is 0.0566. The largest absolute Gasteiger partial charge is 0.478 e. The van der Waals surface area contributed by atoms with Crippen molar-refractivity contribution in [3.05, 3.63) is 23.8 Å². The number of amides is 1. The highest BCUT2D eigenvalue weighted by Gasteiger charge is 2.29. The molecule has 17 heavy (non-hydrogen) atoms. The van der Waals surface area contributed by atoms with Crippen LogP contribution in [0.5, 0.6) is 0 Å². The maximum atomic E-state index is 11.4. The van der Waals surface area contributed by atoms with Crippen LogP contribution in [0.3, 0.4) is 0 Å². The normalized spacial score (nSPS) is 19.4. The van der Waals surface area contributed by atoms with Crippen LogP contribution in [0, 0.1) is 0 Å². The summed E-state index contributed by atoms with van der Waals surface area (Å²) < 4.78 is 0. The minimum absolute atomic E-state index is 0.00147. The fourth-order valence-electron chi connectivity index (χ4n) is 2.03. The molecule has 90 valence electrons. The van der Waals surface area contributed by atoms with E-state index >= 15 is 0 Å². The predicted molar refractivity (Wildman–Crippen MR) is 58.4 cm³/mol. The summed E-state index contributed by atoms with van der Waals surface area (Å²) in [6.07, 6.45) is 4.31. The lowest BCUT2D eigenvalue weighted by Crippen LogP contribution is -2.29. The first-order valence-electron chi connectivity index (χ1n) is 5.42. The Morgan fingerprint density at radius 2 is 2.06 bits per heavy atom. The van der Waals surface area contributed by atoms with E-state index in [2.05, 4.69) is 9.97 Å². The quantitative estimate of drug-likeness (QED) is 0.821. The Bertz CT molecular complexity index is 444. The van der Waals surface area contributed by atoms with Gasteiger partial charge in [-0.3, -0.25) is 4.79 Å². The molecule has 6 heteroatoms. The van der Waals surface area contributed by atoms with Gasteiger partial charge in [-0.1, -0.05) is 0 Å². The van der Waals surface area contributed by atoms with Gasteiger partial charge >= 0.3 is 5.97 Å². The maximum absolute atomic E-state index is 11.4. The number of carbonyl (C=O) groups is 2. The van der Waals surface area contributed by atoms with Gasteiger partial charge in [0, 0.05) is 25.9 Å². The molecule has 1 atom stereocenters. The summed E-state index contributed by atoms with van der Waals surface area (Å²) in [6.45, 7) is 2.23. The second-order valence-corrected chi connectivity index (χ2v) is 4.01. The zero-order valence-electron chi connectivity index (χ0n) is 9.46. The molecule has 1 aliphatic rings. The third kappa shape index (κ3) is 2.25. The van der Waals surface area contributed by atoms with Gasteiger partial charge in [0.15, 0.2) is 5.82 Å².